The molecule has 0 bridgehead atoms. The van der Waals surface area contributed by atoms with Gasteiger partial charge in [-0.15, -0.1) is 0 Å². The molecule has 10 heavy (non-hydrogen) atoms. The fraction of sp³-hybridized carbons (Fsp3) is 1.00. The summed E-state index contributed by atoms with van der Waals surface area (Å²) in [6.45, 7) is 8.66. The molecule has 0 aromatic carbocycles. The quantitative estimate of drug-likeness (QED) is 0.614. The molecule has 0 spiro atoms. The third-order valence-electron chi connectivity index (χ3n) is 2.36. The molecule has 0 fully saturated rings. The molecule has 0 amide bonds. The minimum atomic E-state index is -1.03. The van der Waals surface area contributed by atoms with Gasteiger partial charge in [0, 0.05) is 0 Å². The van der Waals surface area contributed by atoms with E-state index in [1.807, 2.05) is 13.8 Å². The van der Waals surface area contributed by atoms with Crippen LogP contribution >= 0.6 is 0 Å². The Bertz CT molecular complexity index is 109. The summed E-state index contributed by atoms with van der Waals surface area (Å²) in [5.41, 5.74) is -2.03. The van der Waals surface area contributed by atoms with E-state index in [0.717, 1.165) is 0 Å². The Morgan fingerprint density at radius 3 is 1.30 bits per heavy atom. The van der Waals surface area contributed by atoms with E-state index in [2.05, 4.69) is 0 Å². The van der Waals surface area contributed by atoms with Gasteiger partial charge in [0.1, 0.15) is 0 Å². The van der Waals surface area contributed by atoms with Crippen molar-refractivity contribution in [2.75, 3.05) is 0 Å². The molecule has 0 aliphatic carbocycles. The summed E-state index contributed by atoms with van der Waals surface area (Å²) in [6, 6.07) is 0. The molecule has 0 aliphatic heterocycles. The normalized spacial score (nSPS) is 19.2. The van der Waals surface area contributed by atoms with Crippen LogP contribution in [0.5, 0.6) is 0 Å². The fourth-order valence-electron chi connectivity index (χ4n) is 0.706. The lowest BCUT2D eigenvalue weighted by Gasteiger charge is -2.38. The van der Waals surface area contributed by atoms with E-state index in [-0.39, 0.29) is 5.92 Å². The van der Waals surface area contributed by atoms with Crippen molar-refractivity contribution in [3.63, 3.8) is 0 Å². The van der Waals surface area contributed by atoms with Crippen LogP contribution in [0.4, 0.5) is 0 Å². The second-order valence-corrected chi connectivity index (χ2v) is 3.86. The van der Waals surface area contributed by atoms with Gasteiger partial charge in [0.15, 0.2) is 0 Å². The lowest BCUT2D eigenvalue weighted by atomic mass is 9.79. The Morgan fingerprint density at radius 2 is 1.30 bits per heavy atom. The second-order valence-electron chi connectivity index (χ2n) is 3.86. The van der Waals surface area contributed by atoms with Gasteiger partial charge >= 0.3 is 0 Å². The number of hydrogen-bond acceptors (Lipinski definition) is 2. The zero-order valence-electron chi connectivity index (χ0n) is 7.47. The van der Waals surface area contributed by atoms with Crippen LogP contribution in [0.3, 0.4) is 0 Å². The molecule has 0 aromatic heterocycles. The lowest BCUT2D eigenvalue weighted by Crippen LogP contribution is -2.51. The van der Waals surface area contributed by atoms with Crippen LogP contribution in [0.25, 0.3) is 0 Å². The first-order valence-electron chi connectivity index (χ1n) is 3.64. The number of rotatable bonds is 2. The first-order valence-corrected chi connectivity index (χ1v) is 3.64. The van der Waals surface area contributed by atoms with Crippen LogP contribution in [-0.2, 0) is 0 Å². The van der Waals surface area contributed by atoms with E-state index in [1.165, 1.54) is 0 Å². The van der Waals surface area contributed by atoms with Crippen LogP contribution in [0, 0.1) is 5.92 Å². The van der Waals surface area contributed by atoms with Gasteiger partial charge in [-0.05, 0) is 26.7 Å². The third kappa shape index (κ3) is 1.70. The summed E-state index contributed by atoms with van der Waals surface area (Å²) < 4.78 is 0. The lowest BCUT2D eigenvalue weighted by molar-refractivity contribution is -0.144. The molecule has 0 rings (SSSR count). The molecule has 0 aliphatic rings. The van der Waals surface area contributed by atoms with Gasteiger partial charge in [-0.25, -0.2) is 0 Å². The minimum Gasteiger partial charge on any atom is -0.387 e. The predicted octanol–water partition coefficient (Wildman–Crippen LogP) is 1.16. The van der Waals surface area contributed by atoms with Crippen molar-refractivity contribution in [1.82, 2.24) is 0 Å². The van der Waals surface area contributed by atoms with E-state index in [1.54, 1.807) is 20.8 Å². The average molecular weight is 146 g/mol. The van der Waals surface area contributed by atoms with Gasteiger partial charge in [0.25, 0.3) is 0 Å². The predicted molar refractivity (Wildman–Crippen MR) is 41.8 cm³/mol. The molecule has 1 atom stereocenters. The highest BCUT2D eigenvalue weighted by Crippen LogP contribution is 2.28. The van der Waals surface area contributed by atoms with E-state index >= 15 is 0 Å². The Hall–Kier alpha value is -0.0800. The molecule has 1 unspecified atom stereocenters. The van der Waals surface area contributed by atoms with E-state index in [4.69, 9.17) is 0 Å². The van der Waals surface area contributed by atoms with Crippen molar-refractivity contribution in [2.45, 2.75) is 45.8 Å². The molecule has 62 valence electrons. The van der Waals surface area contributed by atoms with Crippen molar-refractivity contribution < 1.29 is 10.2 Å². The van der Waals surface area contributed by atoms with E-state index in [9.17, 15) is 10.2 Å². The van der Waals surface area contributed by atoms with Gasteiger partial charge in [-0.2, -0.15) is 0 Å². The topological polar surface area (TPSA) is 40.5 Å². The Balaban J connectivity index is 4.40. The minimum absolute atomic E-state index is 0.0625. The molecular formula is C8H18O2. The van der Waals surface area contributed by atoms with Crippen molar-refractivity contribution >= 4 is 0 Å². The summed E-state index contributed by atoms with van der Waals surface area (Å²) in [4.78, 5) is 0. The number of hydrogen-bond donors (Lipinski definition) is 2. The summed E-state index contributed by atoms with van der Waals surface area (Å²) >= 11 is 0. The fourth-order valence-corrected chi connectivity index (χ4v) is 0.706. The molecule has 2 nitrogen and oxygen atoms in total. The first-order chi connectivity index (χ1) is 4.19. The standard InChI is InChI=1S/C8H18O2/c1-6(2)8(5,10)7(3,4)9/h6,9-10H,1-5H3. The van der Waals surface area contributed by atoms with Crippen molar-refractivity contribution in [3.05, 3.63) is 0 Å². The van der Waals surface area contributed by atoms with E-state index < -0.39 is 11.2 Å². The highest BCUT2D eigenvalue weighted by molar-refractivity contribution is 4.91. The van der Waals surface area contributed by atoms with Gasteiger partial charge in [0.05, 0.1) is 11.2 Å². The monoisotopic (exact) mass is 146 g/mol. The van der Waals surface area contributed by atoms with Crippen LogP contribution in [0.1, 0.15) is 34.6 Å². The first kappa shape index (κ1) is 9.92. The zero-order chi connectivity index (χ0) is 8.58. The molecule has 0 aromatic rings. The van der Waals surface area contributed by atoms with Crippen molar-refractivity contribution in [2.24, 2.45) is 5.92 Å². The SMILES string of the molecule is CC(C)C(C)(O)C(C)(C)O. The van der Waals surface area contributed by atoms with Crippen LogP contribution < -0.4 is 0 Å². The smallest absolute Gasteiger partial charge is 0.0922 e. The average Bonchev–Trinajstić information content (AvgIpc) is 1.62. The highest BCUT2D eigenvalue weighted by Gasteiger charge is 2.39. The largest absolute Gasteiger partial charge is 0.387 e. The molecule has 0 saturated heterocycles. The Kier molecular flexibility index (Phi) is 2.49. The van der Waals surface area contributed by atoms with Crippen LogP contribution in [0.15, 0.2) is 0 Å². The summed E-state index contributed by atoms with van der Waals surface area (Å²) in [5.74, 6) is 0.0625. The summed E-state index contributed by atoms with van der Waals surface area (Å²) in [7, 11) is 0. The Labute approximate surface area is 62.9 Å². The highest BCUT2D eigenvalue weighted by atomic mass is 16.4. The molecule has 0 heterocycles. The maximum absolute atomic E-state index is 9.68. The van der Waals surface area contributed by atoms with Gasteiger partial charge in [-0.1, -0.05) is 13.8 Å². The molecule has 2 heteroatoms. The summed E-state index contributed by atoms with van der Waals surface area (Å²) in [5, 5.41) is 19.1. The third-order valence-corrected chi connectivity index (χ3v) is 2.36. The van der Waals surface area contributed by atoms with Gasteiger partial charge in [-0.3, -0.25) is 0 Å². The number of aliphatic hydroxyl groups is 2. The van der Waals surface area contributed by atoms with Crippen molar-refractivity contribution in [1.29, 1.82) is 0 Å². The van der Waals surface area contributed by atoms with Crippen LogP contribution in [0.2, 0.25) is 0 Å². The molecular weight excluding hydrogens is 128 g/mol. The molecule has 0 radical (unpaired) electrons. The zero-order valence-corrected chi connectivity index (χ0v) is 7.47. The maximum Gasteiger partial charge on any atom is 0.0922 e. The van der Waals surface area contributed by atoms with E-state index in [0.29, 0.717) is 0 Å². The Morgan fingerprint density at radius 1 is 1.00 bits per heavy atom. The second kappa shape index (κ2) is 2.51. The summed E-state index contributed by atoms with van der Waals surface area (Å²) in [6.07, 6.45) is 0. The van der Waals surface area contributed by atoms with Crippen LogP contribution in [-0.4, -0.2) is 21.4 Å². The van der Waals surface area contributed by atoms with Crippen molar-refractivity contribution in [3.8, 4) is 0 Å². The maximum atomic E-state index is 9.68. The van der Waals surface area contributed by atoms with Gasteiger partial charge in [0.2, 0.25) is 0 Å². The molecule has 0 saturated carbocycles. The van der Waals surface area contributed by atoms with Gasteiger partial charge < -0.3 is 10.2 Å². The molecule has 2 N–H and O–H groups in total.